The molecule has 4 heterocycles. The number of hydrogen-bond donors (Lipinski definition) is 3. The minimum atomic E-state index is -2.78. The molecule has 0 saturated carbocycles. The van der Waals surface area contributed by atoms with Gasteiger partial charge in [0.25, 0.3) is 6.43 Å². The van der Waals surface area contributed by atoms with Gasteiger partial charge in [0.05, 0.1) is 22.9 Å². The number of rotatable bonds is 13. The van der Waals surface area contributed by atoms with Crippen molar-refractivity contribution in [1.29, 1.82) is 0 Å². The number of nitrogens with zero attached hydrogens (tertiary/aromatic N) is 5. The topological polar surface area (TPSA) is 110 Å². The van der Waals surface area contributed by atoms with Crippen LogP contribution in [0.25, 0.3) is 22.6 Å². The number of halogens is 4. The smallest absolute Gasteiger partial charge is 0.280 e. The number of alkyl halides is 2. The lowest BCUT2D eigenvalue weighted by Gasteiger charge is -2.17. The lowest BCUT2D eigenvalue weighted by atomic mass is 10.1. The third-order valence-corrected chi connectivity index (χ3v) is 8.10. The molecule has 0 saturated heterocycles. The van der Waals surface area contributed by atoms with Crippen LogP contribution in [0.4, 0.5) is 24.7 Å². The zero-order valence-electron chi connectivity index (χ0n) is 24.2. The Morgan fingerprint density at radius 2 is 1.93 bits per heavy atom. The van der Waals surface area contributed by atoms with Crippen LogP contribution in [0.5, 0.6) is 0 Å². The first kappa shape index (κ1) is 31.8. The number of pyridine rings is 2. The van der Waals surface area contributed by atoms with E-state index in [0.29, 0.717) is 30.7 Å². The molecule has 0 aromatic carbocycles. The summed E-state index contributed by atoms with van der Waals surface area (Å²) < 4.78 is 49.5. The summed E-state index contributed by atoms with van der Waals surface area (Å²) >= 11 is 6.04. The lowest BCUT2D eigenvalue weighted by molar-refractivity contribution is 0.0793. The van der Waals surface area contributed by atoms with Gasteiger partial charge in [0.2, 0.25) is 0 Å². The van der Waals surface area contributed by atoms with Crippen LogP contribution in [0.2, 0.25) is 30.8 Å². The van der Waals surface area contributed by atoms with Crippen LogP contribution in [0.3, 0.4) is 0 Å². The molecule has 9 nitrogen and oxygen atoms in total. The van der Waals surface area contributed by atoms with E-state index in [-0.39, 0.29) is 34.9 Å². The Hall–Kier alpha value is -3.10. The Balaban J connectivity index is 1.86. The molecule has 0 amide bonds. The second kappa shape index (κ2) is 13.0. The predicted octanol–water partition coefficient (Wildman–Crippen LogP) is 6.53. The van der Waals surface area contributed by atoms with E-state index in [2.05, 4.69) is 45.2 Å². The molecule has 0 atom stereocenters. The van der Waals surface area contributed by atoms with Crippen LogP contribution >= 0.6 is 11.6 Å². The standard InChI is InChI=1S/C28H35ClF3N7O2Si/c1-28(2,40)15-33-12-17-14-39(16-41-9-10-42(3,4)5)27-23(17)26(36-21-11-22(29)34-13-18(21)30)37-25(38-27)20-8-6-7-19(35-20)24(31)32/h6-8,11,13-14,24,33,40H,9-10,12,15-16H2,1-5H3,(H,34,36,37,38). The van der Waals surface area contributed by atoms with Gasteiger partial charge in [-0.3, -0.25) is 0 Å². The highest BCUT2D eigenvalue weighted by atomic mass is 35.5. The summed E-state index contributed by atoms with van der Waals surface area (Å²) in [6, 6.07) is 6.50. The number of aromatic nitrogens is 5. The Morgan fingerprint density at radius 3 is 2.62 bits per heavy atom. The highest BCUT2D eigenvalue weighted by Crippen LogP contribution is 2.33. The van der Waals surface area contributed by atoms with E-state index in [1.165, 1.54) is 24.3 Å². The lowest BCUT2D eigenvalue weighted by Crippen LogP contribution is -2.34. The van der Waals surface area contributed by atoms with Crippen LogP contribution in [0.1, 0.15) is 31.5 Å². The van der Waals surface area contributed by atoms with Gasteiger partial charge in [0.15, 0.2) is 11.6 Å². The third kappa shape index (κ3) is 8.48. The monoisotopic (exact) mass is 621 g/mol. The van der Waals surface area contributed by atoms with Crippen molar-refractivity contribution in [2.45, 2.75) is 64.8 Å². The Labute approximate surface area is 248 Å². The van der Waals surface area contributed by atoms with Crippen LogP contribution in [-0.2, 0) is 18.0 Å². The molecule has 0 radical (unpaired) electrons. The summed E-state index contributed by atoms with van der Waals surface area (Å²) in [7, 11) is -1.33. The highest BCUT2D eigenvalue weighted by molar-refractivity contribution is 6.76. The molecule has 226 valence electrons. The fourth-order valence-electron chi connectivity index (χ4n) is 4.08. The van der Waals surface area contributed by atoms with E-state index >= 15 is 0 Å². The van der Waals surface area contributed by atoms with Gasteiger partial charge in [-0.2, -0.15) is 0 Å². The number of anilines is 2. The molecule has 4 rings (SSSR count). The molecular weight excluding hydrogens is 587 g/mol. The molecule has 0 fully saturated rings. The molecule has 0 bridgehead atoms. The summed E-state index contributed by atoms with van der Waals surface area (Å²) in [5, 5.41) is 17.1. The minimum Gasteiger partial charge on any atom is -0.389 e. The van der Waals surface area contributed by atoms with Gasteiger partial charge in [-0.1, -0.05) is 37.3 Å². The van der Waals surface area contributed by atoms with Gasteiger partial charge < -0.3 is 25.0 Å². The first-order valence-electron chi connectivity index (χ1n) is 13.4. The van der Waals surface area contributed by atoms with Gasteiger partial charge in [-0.05, 0) is 37.6 Å². The summed E-state index contributed by atoms with van der Waals surface area (Å²) in [5.74, 6) is -0.395. The molecule has 4 aromatic rings. The fourth-order valence-corrected chi connectivity index (χ4v) is 5.00. The number of fused-ring (bicyclic) bond motifs is 1. The predicted molar refractivity (Wildman–Crippen MR) is 160 cm³/mol. The highest BCUT2D eigenvalue weighted by Gasteiger charge is 2.22. The van der Waals surface area contributed by atoms with Gasteiger partial charge in [0, 0.05) is 40.0 Å². The van der Waals surface area contributed by atoms with Crippen LogP contribution in [-0.4, -0.2) is 56.4 Å². The molecule has 0 unspecified atom stereocenters. The van der Waals surface area contributed by atoms with Gasteiger partial charge in [-0.25, -0.2) is 33.1 Å². The van der Waals surface area contributed by atoms with E-state index in [4.69, 9.17) is 21.3 Å². The molecule has 0 aliphatic rings. The van der Waals surface area contributed by atoms with Crippen molar-refractivity contribution in [2.75, 3.05) is 18.5 Å². The Morgan fingerprint density at radius 1 is 1.17 bits per heavy atom. The van der Waals surface area contributed by atoms with Crippen LogP contribution in [0, 0.1) is 5.82 Å². The van der Waals surface area contributed by atoms with Crippen molar-refractivity contribution >= 4 is 42.2 Å². The van der Waals surface area contributed by atoms with E-state index in [1.807, 2.05) is 6.20 Å². The van der Waals surface area contributed by atoms with Crippen molar-refractivity contribution in [3.8, 4) is 11.5 Å². The quantitative estimate of drug-likeness (QED) is 0.0878. The maximum absolute atomic E-state index is 14.8. The summed E-state index contributed by atoms with van der Waals surface area (Å²) in [6.07, 6.45) is 0.0523. The van der Waals surface area contributed by atoms with Crippen LogP contribution in [0.15, 0.2) is 36.7 Å². The van der Waals surface area contributed by atoms with Gasteiger partial charge in [0.1, 0.15) is 34.7 Å². The molecule has 0 aliphatic heterocycles. The maximum Gasteiger partial charge on any atom is 0.280 e. The maximum atomic E-state index is 14.8. The summed E-state index contributed by atoms with van der Waals surface area (Å²) in [4.78, 5) is 17.2. The second-order valence-electron chi connectivity index (χ2n) is 11.8. The molecule has 3 N–H and O–H groups in total. The van der Waals surface area contributed by atoms with E-state index in [0.717, 1.165) is 17.8 Å². The van der Waals surface area contributed by atoms with Crippen molar-refractivity contribution < 1.29 is 23.0 Å². The van der Waals surface area contributed by atoms with Gasteiger partial charge in [-0.15, -0.1) is 0 Å². The Kier molecular flexibility index (Phi) is 9.88. The van der Waals surface area contributed by atoms with E-state index < -0.39 is 31.6 Å². The Bertz CT molecular complexity index is 1540. The van der Waals surface area contributed by atoms with Gasteiger partial charge >= 0.3 is 0 Å². The molecule has 0 spiro atoms. The SMILES string of the molecule is CC(C)(O)CNCc1cn(COCC[Si](C)(C)C)c2nc(-c3cccc(C(F)F)n3)nc(Nc3cc(Cl)ncc3F)c12. The molecule has 42 heavy (non-hydrogen) atoms. The zero-order chi connectivity index (χ0) is 30.7. The molecule has 14 heteroatoms. The average Bonchev–Trinajstić information content (AvgIpc) is 3.25. The number of hydrogen-bond acceptors (Lipinski definition) is 8. The first-order chi connectivity index (χ1) is 19.7. The minimum absolute atomic E-state index is 0.0183. The number of nitrogens with one attached hydrogen (secondary N) is 2. The van der Waals surface area contributed by atoms with Crippen LogP contribution < -0.4 is 10.6 Å². The third-order valence-electron chi connectivity index (χ3n) is 6.19. The molecule has 4 aromatic heterocycles. The normalized spacial score (nSPS) is 12.5. The van der Waals surface area contributed by atoms with Crippen molar-refractivity contribution in [3.63, 3.8) is 0 Å². The fraction of sp³-hybridized carbons (Fsp3) is 0.429. The average molecular weight is 622 g/mol. The van der Waals surface area contributed by atoms with E-state index in [9.17, 15) is 18.3 Å². The molecular formula is C28H35ClF3N7O2Si. The summed E-state index contributed by atoms with van der Waals surface area (Å²) in [6.45, 7) is 11.5. The van der Waals surface area contributed by atoms with Crippen molar-refractivity contribution in [3.05, 3.63) is 58.9 Å². The first-order valence-corrected chi connectivity index (χ1v) is 17.5. The number of aliphatic hydroxyl groups is 1. The second-order valence-corrected chi connectivity index (χ2v) is 17.9. The summed E-state index contributed by atoms with van der Waals surface area (Å²) in [5.41, 5.74) is -0.0575. The van der Waals surface area contributed by atoms with Crippen molar-refractivity contribution in [2.24, 2.45) is 0 Å². The van der Waals surface area contributed by atoms with Crippen molar-refractivity contribution in [1.82, 2.24) is 29.8 Å². The van der Waals surface area contributed by atoms with E-state index in [1.54, 1.807) is 18.4 Å². The zero-order valence-corrected chi connectivity index (χ0v) is 25.9. The largest absolute Gasteiger partial charge is 0.389 e. The number of ether oxygens (including phenoxy) is 1. The molecule has 0 aliphatic carbocycles.